The van der Waals surface area contributed by atoms with Crippen molar-refractivity contribution >= 4 is 37.3 Å². The molecule has 3 aliphatic rings. The molecule has 1 aromatic rings. The Kier molecular flexibility index (Phi) is 3.29. The van der Waals surface area contributed by atoms with Gasteiger partial charge in [0, 0.05) is 10.5 Å². The molecule has 1 N–H and O–H groups in total. The number of rotatable bonds is 3. The molecule has 5 unspecified atom stereocenters. The van der Waals surface area contributed by atoms with Gasteiger partial charge in [-0.3, -0.25) is 0 Å². The summed E-state index contributed by atoms with van der Waals surface area (Å²) in [6.45, 7) is 0. The first kappa shape index (κ1) is 13.7. The molecule has 3 saturated carbocycles. The van der Waals surface area contributed by atoms with Gasteiger partial charge in [0.05, 0.1) is 0 Å². The van der Waals surface area contributed by atoms with E-state index in [0.29, 0.717) is 14.6 Å². The lowest BCUT2D eigenvalue weighted by Gasteiger charge is -2.31. The largest absolute Gasteiger partial charge is 0.251 e. The summed E-state index contributed by atoms with van der Waals surface area (Å²) in [4.78, 5) is 0. The molecule has 20 heavy (non-hydrogen) atoms. The number of halogens is 1. The van der Waals surface area contributed by atoms with Crippen LogP contribution in [0.5, 0.6) is 0 Å². The van der Waals surface area contributed by atoms with E-state index in [1.807, 2.05) is 5.38 Å². The van der Waals surface area contributed by atoms with E-state index in [2.05, 4.69) is 20.7 Å². The van der Waals surface area contributed by atoms with Crippen LogP contribution in [0.2, 0.25) is 0 Å². The van der Waals surface area contributed by atoms with Crippen molar-refractivity contribution in [1.82, 2.24) is 4.72 Å². The van der Waals surface area contributed by atoms with Crippen molar-refractivity contribution in [1.29, 1.82) is 0 Å². The highest BCUT2D eigenvalue weighted by atomic mass is 79.9. The fraction of sp³-hybridized carbons (Fsp3) is 0.714. The predicted molar refractivity (Wildman–Crippen MR) is 83.2 cm³/mol. The third-order valence-corrected chi connectivity index (χ3v) is 9.72. The van der Waals surface area contributed by atoms with Gasteiger partial charge in [-0.1, -0.05) is 6.42 Å². The fourth-order valence-electron chi connectivity index (χ4n) is 4.93. The first-order chi connectivity index (χ1) is 9.56. The number of sulfonamides is 1. The molecule has 1 aromatic heterocycles. The number of nitrogens with one attached hydrogen (secondary N) is 1. The zero-order chi connectivity index (χ0) is 13.9. The Morgan fingerprint density at radius 1 is 1.20 bits per heavy atom. The van der Waals surface area contributed by atoms with Crippen LogP contribution in [0.4, 0.5) is 0 Å². The molecule has 110 valence electrons. The van der Waals surface area contributed by atoms with Crippen LogP contribution in [0.1, 0.15) is 32.1 Å². The molecule has 4 rings (SSSR count). The van der Waals surface area contributed by atoms with Gasteiger partial charge in [0.2, 0.25) is 0 Å². The van der Waals surface area contributed by atoms with Gasteiger partial charge in [-0.15, -0.1) is 11.3 Å². The second-order valence-electron chi connectivity index (χ2n) is 6.44. The van der Waals surface area contributed by atoms with Gasteiger partial charge in [0.25, 0.3) is 10.0 Å². The van der Waals surface area contributed by atoms with Crippen LogP contribution in [0.25, 0.3) is 0 Å². The van der Waals surface area contributed by atoms with Crippen molar-refractivity contribution in [3.05, 3.63) is 15.9 Å². The normalized spacial score (nSPS) is 39.4. The Labute approximate surface area is 132 Å². The molecule has 0 saturated heterocycles. The molecule has 0 aromatic carbocycles. The van der Waals surface area contributed by atoms with Crippen LogP contribution >= 0.6 is 27.3 Å². The lowest BCUT2D eigenvalue weighted by atomic mass is 9.79. The van der Waals surface area contributed by atoms with Crippen LogP contribution in [-0.2, 0) is 10.0 Å². The molecule has 6 heteroatoms. The minimum absolute atomic E-state index is 0.165. The van der Waals surface area contributed by atoms with Crippen molar-refractivity contribution in [2.24, 2.45) is 23.7 Å². The molecule has 3 aliphatic carbocycles. The number of fused-ring (bicyclic) bond motifs is 5. The number of thiophene rings is 1. The molecule has 5 atom stereocenters. The summed E-state index contributed by atoms with van der Waals surface area (Å²) in [5.41, 5.74) is 0. The summed E-state index contributed by atoms with van der Waals surface area (Å²) < 4.78 is 29.1. The van der Waals surface area contributed by atoms with E-state index in [1.54, 1.807) is 6.07 Å². The zero-order valence-corrected chi connectivity index (χ0v) is 14.3. The van der Waals surface area contributed by atoms with Crippen LogP contribution in [0.15, 0.2) is 20.1 Å². The van der Waals surface area contributed by atoms with Gasteiger partial charge in [0.1, 0.15) is 4.21 Å². The SMILES string of the molecule is O=S(=O)(NC1CC2CC1C1CCCC21)c1sccc1Br. The van der Waals surface area contributed by atoms with Gasteiger partial charge >= 0.3 is 0 Å². The van der Waals surface area contributed by atoms with E-state index in [4.69, 9.17) is 0 Å². The molecular formula is C14H18BrNO2S2. The van der Waals surface area contributed by atoms with E-state index in [1.165, 1.54) is 37.0 Å². The summed E-state index contributed by atoms with van der Waals surface area (Å²) in [6, 6.07) is 1.96. The average Bonchev–Trinajstić information content (AvgIpc) is 3.05. The smallest absolute Gasteiger partial charge is 0.207 e. The maximum Gasteiger partial charge on any atom is 0.251 e. The van der Waals surface area contributed by atoms with Crippen molar-refractivity contribution in [2.45, 2.75) is 42.4 Å². The average molecular weight is 376 g/mol. The third-order valence-electron chi connectivity index (χ3n) is 5.56. The minimum atomic E-state index is -3.36. The summed E-state index contributed by atoms with van der Waals surface area (Å²) in [5, 5.41) is 1.81. The maximum absolute atomic E-state index is 12.5. The zero-order valence-electron chi connectivity index (χ0n) is 11.1. The van der Waals surface area contributed by atoms with Gasteiger partial charge in [-0.2, -0.15) is 0 Å². The second kappa shape index (κ2) is 4.80. The standard InChI is InChI=1S/C14H18BrNO2S2/c15-12-4-5-19-14(12)20(17,18)16-13-7-8-6-11(13)10-3-1-2-9(8)10/h4-5,8-11,13,16H,1-3,6-7H2. The lowest BCUT2D eigenvalue weighted by Crippen LogP contribution is -2.42. The van der Waals surface area contributed by atoms with Gasteiger partial charge in [-0.25, -0.2) is 13.1 Å². The van der Waals surface area contributed by atoms with E-state index in [-0.39, 0.29) is 6.04 Å². The quantitative estimate of drug-likeness (QED) is 0.876. The highest BCUT2D eigenvalue weighted by Gasteiger charge is 2.54. The molecule has 0 amide bonds. The molecule has 0 spiro atoms. The van der Waals surface area contributed by atoms with Crippen LogP contribution < -0.4 is 4.72 Å². The number of hydrogen-bond acceptors (Lipinski definition) is 3. The molecule has 0 radical (unpaired) electrons. The molecule has 0 aliphatic heterocycles. The minimum Gasteiger partial charge on any atom is -0.207 e. The molecule has 3 nitrogen and oxygen atoms in total. The van der Waals surface area contributed by atoms with Crippen LogP contribution in [0, 0.1) is 23.7 Å². The first-order valence-electron chi connectivity index (χ1n) is 7.31. The van der Waals surface area contributed by atoms with Crippen molar-refractivity contribution < 1.29 is 8.42 Å². The van der Waals surface area contributed by atoms with Gasteiger partial charge < -0.3 is 0 Å². The second-order valence-corrected chi connectivity index (χ2v) is 10.1. The van der Waals surface area contributed by atoms with Gasteiger partial charge in [0.15, 0.2) is 0 Å². The Balaban J connectivity index is 1.55. The summed E-state index contributed by atoms with van der Waals surface area (Å²) in [7, 11) is -3.36. The molecule has 2 bridgehead atoms. The van der Waals surface area contributed by atoms with E-state index in [0.717, 1.165) is 24.2 Å². The van der Waals surface area contributed by atoms with E-state index < -0.39 is 10.0 Å². The monoisotopic (exact) mass is 375 g/mol. The topological polar surface area (TPSA) is 46.2 Å². The van der Waals surface area contributed by atoms with Crippen LogP contribution in [-0.4, -0.2) is 14.5 Å². The van der Waals surface area contributed by atoms with Crippen molar-refractivity contribution in [3.8, 4) is 0 Å². The fourth-order valence-corrected chi connectivity index (χ4v) is 8.58. The van der Waals surface area contributed by atoms with Crippen molar-refractivity contribution in [3.63, 3.8) is 0 Å². The van der Waals surface area contributed by atoms with Crippen LogP contribution in [0.3, 0.4) is 0 Å². The number of hydrogen-bond donors (Lipinski definition) is 1. The summed E-state index contributed by atoms with van der Waals surface area (Å²) >= 11 is 4.61. The van der Waals surface area contributed by atoms with Crippen molar-refractivity contribution in [2.75, 3.05) is 0 Å². The molecule has 3 fully saturated rings. The predicted octanol–water partition coefficient (Wildman–Crippen LogP) is 3.61. The summed E-state index contributed by atoms with van der Waals surface area (Å²) in [6.07, 6.45) is 6.33. The Morgan fingerprint density at radius 3 is 2.75 bits per heavy atom. The Morgan fingerprint density at radius 2 is 2.00 bits per heavy atom. The summed E-state index contributed by atoms with van der Waals surface area (Å²) in [5.74, 6) is 3.04. The first-order valence-corrected chi connectivity index (χ1v) is 10.5. The highest BCUT2D eigenvalue weighted by molar-refractivity contribution is 9.10. The highest BCUT2D eigenvalue weighted by Crippen LogP contribution is 2.58. The lowest BCUT2D eigenvalue weighted by molar-refractivity contribution is 0.224. The van der Waals surface area contributed by atoms with Gasteiger partial charge in [-0.05, 0) is 76.7 Å². The van der Waals surface area contributed by atoms with E-state index >= 15 is 0 Å². The Bertz CT molecular complexity index is 627. The Hall–Kier alpha value is 0.0900. The molecular weight excluding hydrogens is 358 g/mol. The maximum atomic E-state index is 12.5. The third kappa shape index (κ3) is 2.02. The molecule has 1 heterocycles. The van der Waals surface area contributed by atoms with E-state index in [9.17, 15) is 8.42 Å².